The molecule has 0 radical (unpaired) electrons. The zero-order chi connectivity index (χ0) is 24.5. The molecule has 0 bridgehead atoms. The average Bonchev–Trinajstić information content (AvgIpc) is 3.44. The van der Waals surface area contributed by atoms with E-state index in [4.69, 9.17) is 0 Å². The maximum atomic E-state index is 2.42. The van der Waals surface area contributed by atoms with Gasteiger partial charge in [-0.3, -0.25) is 0 Å². The molecular weight excluding hydrogens is 865 g/mol. The van der Waals surface area contributed by atoms with Crippen molar-refractivity contribution < 1.29 is 73.8 Å². The average molecular weight is 903 g/mol. The van der Waals surface area contributed by atoms with E-state index in [1.54, 1.807) is 22.3 Å². The van der Waals surface area contributed by atoms with E-state index in [-0.39, 0.29) is 73.8 Å². The molecule has 0 nitrogen and oxygen atoms in total. The van der Waals surface area contributed by atoms with E-state index < -0.39 is 0 Å². The second-order valence-electron chi connectivity index (χ2n) is 10.9. The minimum atomic E-state index is 0. The van der Waals surface area contributed by atoms with Crippen molar-refractivity contribution in [3.8, 4) is 22.3 Å². The van der Waals surface area contributed by atoms with Gasteiger partial charge in [0, 0.05) is 11.8 Å². The van der Waals surface area contributed by atoms with Crippen LogP contribution < -0.4 is 48.0 Å². The van der Waals surface area contributed by atoms with E-state index in [1.165, 1.54) is 60.8 Å². The number of hydrogen-bond acceptors (Lipinski definition) is 0. The van der Waals surface area contributed by atoms with Crippen LogP contribution in [0.2, 0.25) is 0 Å². The minimum absolute atomic E-state index is 0. The SMILES string of the molecule is CCCCC(C1c2ccccc2-c2ccccc21)C(CCCC)C1c2ccccc2-c2ccccc21.[Hf+2].[I-].[I-]. The summed E-state index contributed by atoms with van der Waals surface area (Å²) in [5.74, 6) is 2.19. The Labute approximate surface area is 288 Å². The van der Waals surface area contributed by atoms with Crippen LogP contribution in [0.25, 0.3) is 22.3 Å². The molecule has 0 aliphatic heterocycles. The Morgan fingerprint density at radius 2 is 0.718 bits per heavy atom. The summed E-state index contributed by atoms with van der Waals surface area (Å²) in [6.45, 7) is 4.71. The molecule has 0 amide bonds. The van der Waals surface area contributed by atoms with Gasteiger partial charge in [-0.1, -0.05) is 137 Å². The number of unbranched alkanes of at least 4 members (excludes halogenated alkanes) is 2. The molecule has 2 aliphatic rings. The van der Waals surface area contributed by atoms with Gasteiger partial charge in [-0.15, -0.1) is 0 Å². The molecule has 0 aromatic heterocycles. The molecule has 0 heterocycles. The Bertz CT molecular complexity index is 1170. The summed E-state index contributed by atoms with van der Waals surface area (Å²) in [5.41, 5.74) is 12.1. The monoisotopic (exact) mass is 904 g/mol. The third kappa shape index (κ3) is 6.07. The largest absolute Gasteiger partial charge is 2.00 e. The Morgan fingerprint density at radius 1 is 0.462 bits per heavy atom. The van der Waals surface area contributed by atoms with Gasteiger partial charge in [0.2, 0.25) is 0 Å². The van der Waals surface area contributed by atoms with Crippen LogP contribution >= 0.6 is 0 Å². The number of halogens is 2. The second kappa shape index (κ2) is 14.9. The molecule has 0 N–H and O–H groups in total. The van der Waals surface area contributed by atoms with Crippen molar-refractivity contribution in [3.63, 3.8) is 0 Å². The van der Waals surface area contributed by atoms with Gasteiger partial charge in [0.1, 0.15) is 0 Å². The van der Waals surface area contributed by atoms with E-state index in [0.29, 0.717) is 23.7 Å². The van der Waals surface area contributed by atoms with Crippen molar-refractivity contribution in [2.45, 2.75) is 64.2 Å². The maximum Gasteiger partial charge on any atom is 2.00 e. The maximum absolute atomic E-state index is 2.42. The molecule has 4 aromatic carbocycles. The van der Waals surface area contributed by atoms with Crippen molar-refractivity contribution in [2.75, 3.05) is 0 Å². The van der Waals surface area contributed by atoms with Gasteiger partial charge in [0.25, 0.3) is 0 Å². The number of hydrogen-bond donors (Lipinski definition) is 0. The fourth-order valence-electron chi connectivity index (χ4n) is 7.45. The molecule has 200 valence electrons. The zero-order valence-electron chi connectivity index (χ0n) is 23.0. The molecular formula is C36H38HfI2. The fourth-order valence-corrected chi connectivity index (χ4v) is 7.45. The normalized spacial score (nSPS) is 14.5. The van der Waals surface area contributed by atoms with Crippen LogP contribution in [-0.4, -0.2) is 0 Å². The molecule has 2 aliphatic carbocycles. The van der Waals surface area contributed by atoms with Crippen LogP contribution in [-0.2, 0) is 25.8 Å². The molecule has 2 unspecified atom stereocenters. The topological polar surface area (TPSA) is 0 Å². The van der Waals surface area contributed by atoms with E-state index >= 15 is 0 Å². The molecule has 39 heavy (non-hydrogen) atoms. The number of benzene rings is 4. The fraction of sp³-hybridized carbons (Fsp3) is 0.333. The molecule has 0 spiro atoms. The molecule has 0 saturated heterocycles. The summed E-state index contributed by atoms with van der Waals surface area (Å²) in [6, 6.07) is 37.0. The Balaban J connectivity index is 0.00000140. The molecule has 4 aromatic rings. The minimum Gasteiger partial charge on any atom is -1.00 e. The van der Waals surface area contributed by atoms with Gasteiger partial charge in [-0.25, -0.2) is 0 Å². The molecule has 3 heteroatoms. The zero-order valence-corrected chi connectivity index (χ0v) is 31.0. The van der Waals surface area contributed by atoms with Crippen molar-refractivity contribution in [2.24, 2.45) is 11.8 Å². The Morgan fingerprint density at radius 3 is 0.974 bits per heavy atom. The first kappa shape index (κ1) is 32.7. The summed E-state index contributed by atoms with van der Waals surface area (Å²) in [6.07, 6.45) is 7.68. The van der Waals surface area contributed by atoms with Crippen LogP contribution in [0.3, 0.4) is 0 Å². The summed E-state index contributed by atoms with van der Waals surface area (Å²) >= 11 is 0. The van der Waals surface area contributed by atoms with E-state index in [9.17, 15) is 0 Å². The predicted octanol–water partition coefficient (Wildman–Crippen LogP) is 4.23. The van der Waals surface area contributed by atoms with Crippen LogP contribution in [0, 0.1) is 11.8 Å². The van der Waals surface area contributed by atoms with Crippen molar-refractivity contribution in [3.05, 3.63) is 119 Å². The summed E-state index contributed by atoms with van der Waals surface area (Å²) in [7, 11) is 0. The van der Waals surface area contributed by atoms with Crippen molar-refractivity contribution >= 4 is 0 Å². The summed E-state index contributed by atoms with van der Waals surface area (Å²) < 4.78 is 0. The third-order valence-electron chi connectivity index (χ3n) is 8.95. The van der Waals surface area contributed by atoms with Crippen molar-refractivity contribution in [1.82, 2.24) is 0 Å². The smallest absolute Gasteiger partial charge is 1.00 e. The predicted molar refractivity (Wildman–Crippen MR) is 153 cm³/mol. The van der Waals surface area contributed by atoms with Crippen LogP contribution in [0.5, 0.6) is 0 Å². The van der Waals surface area contributed by atoms with Gasteiger partial charge in [-0.2, -0.15) is 0 Å². The first-order valence-electron chi connectivity index (χ1n) is 14.2. The quantitative estimate of drug-likeness (QED) is 0.175. The van der Waals surface area contributed by atoms with Gasteiger partial charge in [0.15, 0.2) is 0 Å². The van der Waals surface area contributed by atoms with Crippen molar-refractivity contribution in [1.29, 1.82) is 0 Å². The number of fused-ring (bicyclic) bond motifs is 6. The van der Waals surface area contributed by atoms with Crippen LogP contribution in [0.1, 0.15) is 86.5 Å². The Hall–Kier alpha value is -0.790. The second-order valence-corrected chi connectivity index (χ2v) is 10.9. The Kier molecular flexibility index (Phi) is 12.5. The van der Waals surface area contributed by atoms with Gasteiger partial charge in [0.05, 0.1) is 0 Å². The molecule has 2 atom stereocenters. The molecule has 0 fully saturated rings. The summed E-state index contributed by atoms with van der Waals surface area (Å²) in [4.78, 5) is 0. The molecule has 0 saturated carbocycles. The van der Waals surface area contributed by atoms with Crippen LogP contribution in [0.15, 0.2) is 97.1 Å². The third-order valence-corrected chi connectivity index (χ3v) is 8.95. The van der Waals surface area contributed by atoms with Crippen LogP contribution in [0.4, 0.5) is 0 Å². The van der Waals surface area contributed by atoms with Gasteiger partial charge >= 0.3 is 25.8 Å². The van der Waals surface area contributed by atoms with Gasteiger partial charge in [-0.05, 0) is 69.2 Å². The summed E-state index contributed by atoms with van der Waals surface area (Å²) in [5, 5.41) is 0. The molecule has 6 rings (SSSR count). The first-order valence-corrected chi connectivity index (χ1v) is 14.2. The van der Waals surface area contributed by atoms with E-state index in [2.05, 4.69) is 111 Å². The standard InChI is InChI=1S/C36H38.Hf.2HI/c1-3-5-15-33(35-29-21-11-7-17-25(29)26-18-8-12-22-30(26)35)34(16-6-4-2)36-31-23-13-9-19-27(31)28-20-10-14-24-32(28)36;;;/h7-14,17-24,33-36H,3-6,15-16H2,1-2H3;;2*1H/q;+2;;/p-2. The van der Waals surface area contributed by atoms with E-state index in [0.717, 1.165) is 0 Å². The van der Waals surface area contributed by atoms with E-state index in [1.807, 2.05) is 0 Å². The number of rotatable bonds is 9. The first-order chi connectivity index (χ1) is 17.8. The van der Waals surface area contributed by atoms with Gasteiger partial charge < -0.3 is 48.0 Å².